The molecule has 0 bridgehead atoms. The third-order valence-electron chi connectivity index (χ3n) is 10.1. The average molecular weight is 757 g/mol. The fraction of sp³-hybridized carbons (Fsp3) is 0.0217. The third kappa shape index (κ3) is 4.60. The van der Waals surface area contributed by atoms with E-state index in [2.05, 4.69) is 184 Å². The fourth-order valence-electron chi connectivity index (χ4n) is 8.11. The van der Waals surface area contributed by atoms with E-state index in [9.17, 15) is 4.79 Å². The Balaban J connectivity index is 1.32. The lowest BCUT2D eigenvalue weighted by Gasteiger charge is -2.34. The zero-order chi connectivity index (χ0) is 33.1. The Morgan fingerprint density at radius 2 is 0.837 bits per heavy atom. The number of carbonyl (C=O) groups excluding carboxylic acids is 1. The quantitative estimate of drug-likeness (QED) is 0.126. The highest BCUT2D eigenvalue weighted by molar-refractivity contribution is 9.10. The Kier molecular flexibility index (Phi) is 7.23. The van der Waals surface area contributed by atoms with Gasteiger partial charge in [0, 0.05) is 14.5 Å². The summed E-state index contributed by atoms with van der Waals surface area (Å²) in [6.07, 6.45) is 0.909. The molecule has 0 aromatic heterocycles. The van der Waals surface area contributed by atoms with Crippen LogP contribution in [0, 0.1) is 0 Å². The van der Waals surface area contributed by atoms with Crippen molar-refractivity contribution in [2.45, 2.75) is 5.41 Å². The first kappa shape index (κ1) is 30.0. The molecule has 232 valence electrons. The van der Waals surface area contributed by atoms with Crippen molar-refractivity contribution in [3.05, 3.63) is 201 Å². The number of benzene rings is 8. The number of hydrogen-bond acceptors (Lipinski definition) is 1. The summed E-state index contributed by atoms with van der Waals surface area (Å²) in [6, 6.07) is 58.8. The van der Waals surface area contributed by atoms with E-state index >= 15 is 0 Å². The van der Waals surface area contributed by atoms with E-state index in [-0.39, 0.29) is 0 Å². The van der Waals surface area contributed by atoms with Crippen LogP contribution in [0.15, 0.2) is 173 Å². The van der Waals surface area contributed by atoms with E-state index in [4.69, 9.17) is 0 Å². The minimum atomic E-state index is -0.598. The van der Waals surface area contributed by atoms with Crippen LogP contribution in [0.4, 0.5) is 0 Å². The minimum Gasteiger partial charge on any atom is -0.298 e. The van der Waals surface area contributed by atoms with Crippen LogP contribution in [0.25, 0.3) is 54.9 Å². The van der Waals surface area contributed by atoms with Crippen LogP contribution in [0.2, 0.25) is 0 Å². The van der Waals surface area contributed by atoms with E-state index in [1.165, 1.54) is 71.6 Å². The fourth-order valence-corrected chi connectivity index (χ4v) is 8.83. The summed E-state index contributed by atoms with van der Waals surface area (Å²) in [5.74, 6) is 0. The smallest absolute Gasteiger partial charge is 0.150 e. The van der Waals surface area contributed by atoms with Gasteiger partial charge in [-0.3, -0.25) is 4.79 Å². The van der Waals surface area contributed by atoms with Crippen molar-refractivity contribution in [1.82, 2.24) is 0 Å². The zero-order valence-electron chi connectivity index (χ0n) is 26.3. The van der Waals surface area contributed by atoms with Crippen molar-refractivity contribution in [1.29, 1.82) is 0 Å². The number of rotatable bonds is 5. The summed E-state index contributed by atoms with van der Waals surface area (Å²) in [7, 11) is 0. The van der Waals surface area contributed by atoms with Gasteiger partial charge in [-0.1, -0.05) is 171 Å². The highest BCUT2D eigenvalue weighted by Gasteiger charge is 2.46. The van der Waals surface area contributed by atoms with E-state index < -0.39 is 5.41 Å². The van der Waals surface area contributed by atoms with Gasteiger partial charge < -0.3 is 0 Å². The van der Waals surface area contributed by atoms with Crippen molar-refractivity contribution in [2.24, 2.45) is 0 Å². The lowest BCUT2D eigenvalue weighted by Crippen LogP contribution is -2.28. The predicted octanol–water partition coefficient (Wildman–Crippen LogP) is 13.0. The molecule has 0 saturated heterocycles. The van der Waals surface area contributed by atoms with Crippen molar-refractivity contribution in [3.63, 3.8) is 0 Å². The minimum absolute atomic E-state index is 0.598. The first-order chi connectivity index (χ1) is 24.1. The summed E-state index contributed by atoms with van der Waals surface area (Å²) < 4.78 is 2.06. The number of carbonyl (C=O) groups is 1. The SMILES string of the molecule is O=Cc1ccc(C2(c3ccc(-c4c5ccccc5c(-c5ccccc5)c5ccccc45)cc3)c3cc(Br)ccc3-c3ccc(Br)cc32)cc1. The monoisotopic (exact) mass is 754 g/mol. The molecular weight excluding hydrogens is 728 g/mol. The van der Waals surface area contributed by atoms with E-state index in [0.29, 0.717) is 5.56 Å². The molecule has 0 aliphatic heterocycles. The van der Waals surface area contributed by atoms with Crippen LogP contribution in [-0.2, 0) is 5.41 Å². The van der Waals surface area contributed by atoms with Crippen molar-refractivity contribution in [3.8, 4) is 33.4 Å². The molecule has 1 aliphatic carbocycles. The molecule has 3 heteroatoms. The van der Waals surface area contributed by atoms with Crippen LogP contribution in [0.3, 0.4) is 0 Å². The molecule has 1 nitrogen and oxygen atoms in total. The molecule has 1 aliphatic rings. The van der Waals surface area contributed by atoms with Crippen molar-refractivity contribution < 1.29 is 4.79 Å². The maximum atomic E-state index is 11.7. The maximum absolute atomic E-state index is 11.7. The molecule has 8 aromatic rings. The average Bonchev–Trinajstić information content (AvgIpc) is 3.43. The van der Waals surface area contributed by atoms with Gasteiger partial charge in [0.1, 0.15) is 6.29 Å². The number of fused-ring (bicyclic) bond motifs is 5. The van der Waals surface area contributed by atoms with E-state index in [1.54, 1.807) is 0 Å². The molecular formula is C46H28Br2O. The lowest BCUT2D eigenvalue weighted by molar-refractivity contribution is 0.112. The molecule has 49 heavy (non-hydrogen) atoms. The first-order valence-corrected chi connectivity index (χ1v) is 17.9. The Morgan fingerprint density at radius 1 is 0.429 bits per heavy atom. The summed E-state index contributed by atoms with van der Waals surface area (Å²) in [5.41, 5.74) is 12.1. The number of halogens is 2. The molecule has 0 heterocycles. The maximum Gasteiger partial charge on any atom is 0.150 e. The second-order valence-electron chi connectivity index (χ2n) is 12.7. The Morgan fingerprint density at radius 3 is 1.29 bits per heavy atom. The molecule has 0 radical (unpaired) electrons. The Labute approximate surface area is 302 Å². The molecule has 0 saturated carbocycles. The normalized spacial score (nSPS) is 12.9. The summed E-state index contributed by atoms with van der Waals surface area (Å²) in [4.78, 5) is 11.7. The van der Waals surface area contributed by atoms with Crippen LogP contribution >= 0.6 is 31.9 Å². The molecule has 0 N–H and O–H groups in total. The van der Waals surface area contributed by atoms with Gasteiger partial charge in [-0.25, -0.2) is 0 Å². The second-order valence-corrected chi connectivity index (χ2v) is 14.5. The topological polar surface area (TPSA) is 17.1 Å². The molecule has 0 amide bonds. The summed E-state index contributed by atoms with van der Waals surface area (Å²) in [5, 5.41) is 4.95. The molecule has 0 fully saturated rings. The van der Waals surface area contributed by atoms with Gasteiger partial charge in [0.05, 0.1) is 5.41 Å². The van der Waals surface area contributed by atoms with Crippen LogP contribution < -0.4 is 0 Å². The van der Waals surface area contributed by atoms with Crippen LogP contribution in [0.1, 0.15) is 32.6 Å². The molecule has 0 spiro atoms. The van der Waals surface area contributed by atoms with Gasteiger partial charge in [0.25, 0.3) is 0 Å². The van der Waals surface area contributed by atoms with E-state index in [1.807, 2.05) is 12.1 Å². The molecule has 9 rings (SSSR count). The Bertz CT molecular complexity index is 2460. The van der Waals surface area contributed by atoms with Gasteiger partial charge >= 0.3 is 0 Å². The first-order valence-electron chi connectivity index (χ1n) is 16.3. The largest absolute Gasteiger partial charge is 0.298 e. The second kappa shape index (κ2) is 11.8. The Hall–Kier alpha value is -5.09. The zero-order valence-corrected chi connectivity index (χ0v) is 29.5. The van der Waals surface area contributed by atoms with Gasteiger partial charge in [-0.15, -0.1) is 0 Å². The lowest BCUT2D eigenvalue weighted by atomic mass is 9.67. The number of aldehydes is 1. The van der Waals surface area contributed by atoms with Crippen LogP contribution in [0.5, 0.6) is 0 Å². The summed E-state index contributed by atoms with van der Waals surface area (Å²) >= 11 is 7.60. The van der Waals surface area contributed by atoms with Crippen molar-refractivity contribution in [2.75, 3.05) is 0 Å². The van der Waals surface area contributed by atoms with Gasteiger partial charge in [-0.2, -0.15) is 0 Å². The van der Waals surface area contributed by atoms with E-state index in [0.717, 1.165) is 20.8 Å². The highest BCUT2D eigenvalue weighted by atomic mass is 79.9. The molecule has 8 aromatic carbocycles. The van der Waals surface area contributed by atoms with Crippen LogP contribution in [-0.4, -0.2) is 6.29 Å². The third-order valence-corrected chi connectivity index (χ3v) is 11.1. The number of hydrogen-bond donors (Lipinski definition) is 0. The van der Waals surface area contributed by atoms with Crippen molar-refractivity contribution >= 4 is 59.7 Å². The summed E-state index contributed by atoms with van der Waals surface area (Å²) in [6.45, 7) is 0. The predicted molar refractivity (Wildman–Crippen MR) is 210 cm³/mol. The van der Waals surface area contributed by atoms with Gasteiger partial charge in [-0.05, 0) is 101 Å². The molecule has 0 atom stereocenters. The molecule has 0 unspecified atom stereocenters. The standard InChI is InChI=1S/C46H28Br2O/c47-34-22-24-36-37-25-23-35(48)27-43(37)46(42(36)26-34,32-18-14-29(28-49)15-19-32)33-20-16-31(17-21-33)45-40-12-6-4-10-38(40)44(30-8-2-1-3-9-30)39-11-5-7-13-41(39)45/h1-28H. The van der Waals surface area contributed by atoms with Gasteiger partial charge in [0.15, 0.2) is 0 Å². The highest BCUT2D eigenvalue weighted by Crippen LogP contribution is 2.57. The van der Waals surface area contributed by atoms with Gasteiger partial charge in [0.2, 0.25) is 0 Å².